The Labute approximate surface area is 440 Å². The molecule has 0 fully saturated rings. The number of esters is 6. The highest BCUT2D eigenvalue weighted by atomic mass is 16.6. The largest absolute Gasteiger partial charge is 0.462 e. The second-order valence-electron chi connectivity index (χ2n) is 20.2. The molecule has 75 heavy (non-hydrogen) atoms. The lowest BCUT2D eigenvalue weighted by Crippen LogP contribution is -2.21. The van der Waals surface area contributed by atoms with Gasteiger partial charge in [-0.25, -0.2) is 28.8 Å². The molecule has 0 aliphatic heterocycles. The van der Waals surface area contributed by atoms with Gasteiger partial charge in [0.05, 0.1) is 39.6 Å². The second-order valence-corrected chi connectivity index (χ2v) is 20.2. The van der Waals surface area contributed by atoms with E-state index in [0.717, 1.165) is 0 Å². The predicted octanol–water partition coefficient (Wildman–Crippen LogP) is 10.4. The first kappa shape index (κ1) is 59.7. The van der Waals surface area contributed by atoms with Gasteiger partial charge >= 0.3 is 35.8 Å². The lowest BCUT2D eigenvalue weighted by Gasteiger charge is -2.13. The molecule has 0 saturated heterocycles. The minimum Gasteiger partial charge on any atom is -0.462 e. The number of rotatable bonds is 27. The summed E-state index contributed by atoms with van der Waals surface area (Å²) in [6.07, 6.45) is 4.25. The molecule has 0 unspecified atom stereocenters. The van der Waals surface area contributed by atoms with Gasteiger partial charge < -0.3 is 44.4 Å². The Kier molecular flexibility index (Phi) is 23.6. The number of hydrogen-bond acceptors (Lipinski definition) is 18. The summed E-state index contributed by atoms with van der Waals surface area (Å²) >= 11 is 0. The molecule has 4 aromatic rings. The van der Waals surface area contributed by atoms with E-state index < -0.39 is 35.8 Å². The fourth-order valence-corrected chi connectivity index (χ4v) is 5.94. The van der Waals surface area contributed by atoms with Gasteiger partial charge in [0.1, 0.15) is 16.7 Å². The average Bonchev–Trinajstić information content (AvgIpc) is 3.35. The number of carbonyl (C=O) groups excluding carboxylic acids is 6. The van der Waals surface area contributed by atoms with Crippen LogP contribution in [0.2, 0.25) is 0 Å². The van der Waals surface area contributed by atoms with Crippen LogP contribution < -0.4 is 16.0 Å². The molecule has 0 spiro atoms. The molecule has 0 bridgehead atoms. The van der Waals surface area contributed by atoms with E-state index >= 15 is 0 Å². The van der Waals surface area contributed by atoms with Crippen LogP contribution in [-0.2, 0) is 57.2 Å². The topological polar surface area (TPSA) is 233 Å². The summed E-state index contributed by atoms with van der Waals surface area (Å²) in [7, 11) is 0. The van der Waals surface area contributed by atoms with E-state index in [4.69, 9.17) is 28.4 Å². The summed E-state index contributed by atoms with van der Waals surface area (Å²) in [5.74, 6) is -4.06. The number of carbonyl (C=O) groups is 6. The Morgan fingerprint density at radius 2 is 0.507 bits per heavy atom. The van der Waals surface area contributed by atoms with Crippen LogP contribution in [0.4, 0.5) is 34.9 Å². The third kappa shape index (κ3) is 21.6. The third-order valence-corrected chi connectivity index (χ3v) is 9.67. The van der Waals surface area contributed by atoms with Gasteiger partial charge in [-0.05, 0) is 107 Å². The van der Waals surface area contributed by atoms with Crippen molar-refractivity contribution in [2.45, 2.75) is 83.1 Å². The molecule has 3 aromatic carbocycles. The van der Waals surface area contributed by atoms with E-state index in [9.17, 15) is 28.8 Å². The van der Waals surface area contributed by atoms with Crippen molar-refractivity contribution >= 4 is 89.0 Å². The molecule has 0 aliphatic rings. The summed E-state index contributed by atoms with van der Waals surface area (Å²) < 4.78 is 32.3. The molecule has 18 nitrogen and oxygen atoms in total. The summed E-state index contributed by atoms with van der Waals surface area (Å²) in [6, 6.07) is 20.4. The van der Waals surface area contributed by atoms with Crippen molar-refractivity contribution in [3.8, 4) is 0 Å². The fraction of sp³-hybridized carbons (Fsp3) is 0.421. The molecule has 1 aromatic heterocycles. The molecular weight excluding hydrogens is 961 g/mol. The van der Waals surface area contributed by atoms with Crippen LogP contribution in [0, 0.1) is 35.5 Å². The van der Waals surface area contributed by atoms with Crippen LogP contribution in [0.15, 0.2) is 89.5 Å². The first-order valence-electron chi connectivity index (χ1n) is 25.1. The quantitative estimate of drug-likeness (QED) is 0.0166. The maximum Gasteiger partial charge on any atom is 0.345 e. The van der Waals surface area contributed by atoms with Gasteiger partial charge in [0.25, 0.3) is 0 Å². The van der Waals surface area contributed by atoms with E-state index in [-0.39, 0.29) is 110 Å². The molecule has 18 heteroatoms. The molecule has 1 heterocycles. The predicted molar refractivity (Wildman–Crippen MR) is 288 cm³/mol. The Bertz CT molecular complexity index is 2280. The van der Waals surface area contributed by atoms with Gasteiger partial charge in [0.2, 0.25) is 17.8 Å². The van der Waals surface area contributed by atoms with E-state index in [1.54, 1.807) is 72.8 Å². The lowest BCUT2D eigenvalue weighted by molar-refractivity contribution is -0.149. The molecule has 4 rings (SSSR count). The van der Waals surface area contributed by atoms with Gasteiger partial charge in [-0.2, -0.15) is 15.0 Å². The molecule has 0 aliphatic carbocycles. The third-order valence-electron chi connectivity index (χ3n) is 9.67. The van der Waals surface area contributed by atoms with Gasteiger partial charge in [0, 0.05) is 17.1 Å². The van der Waals surface area contributed by atoms with Crippen LogP contribution in [-0.4, -0.2) is 90.4 Å². The zero-order valence-corrected chi connectivity index (χ0v) is 45.1. The Morgan fingerprint density at radius 1 is 0.333 bits per heavy atom. The highest BCUT2D eigenvalue weighted by molar-refractivity contribution is 6.19. The monoisotopic (exact) mass is 1030 g/mol. The molecule has 3 N–H and O–H groups in total. The van der Waals surface area contributed by atoms with Crippen molar-refractivity contribution in [3.63, 3.8) is 0 Å². The fourth-order valence-electron chi connectivity index (χ4n) is 5.94. The standard InChI is InChI=1S/C57H72N6O12/c1-34(2)28-70-49(64)46(50(65)71-29-35(3)4)25-40-13-19-43(20-14-40)58-55-61-56(59-44-21-15-41(16-22-44)26-47(51(66)72-30-36(5)6)52(67)73-31-37(7)8)63-57(62-55)60-45-23-17-42(18-24-45)27-48(53(68)74-32-38(9)10)54(69)75-33-39(11)12/h13-27,34-39H,28-33H2,1-12H3,(H3,58,59,60,61,62,63). The summed E-state index contributed by atoms with van der Waals surface area (Å²) in [5, 5.41) is 9.55. The molecular formula is C57H72N6O12. The molecule has 0 atom stereocenters. The van der Waals surface area contributed by atoms with Crippen LogP contribution in [0.5, 0.6) is 0 Å². The maximum absolute atomic E-state index is 13.0. The zero-order chi connectivity index (χ0) is 55.2. The molecule has 402 valence electrons. The summed E-state index contributed by atoms with van der Waals surface area (Å²) in [4.78, 5) is 92.1. The summed E-state index contributed by atoms with van der Waals surface area (Å²) in [6.45, 7) is 23.5. The van der Waals surface area contributed by atoms with Crippen molar-refractivity contribution in [2.75, 3.05) is 55.6 Å². The lowest BCUT2D eigenvalue weighted by atomic mass is 10.1. The first-order valence-corrected chi connectivity index (χ1v) is 25.1. The van der Waals surface area contributed by atoms with Crippen LogP contribution >= 0.6 is 0 Å². The second kappa shape index (κ2) is 29.7. The Balaban J connectivity index is 1.70. The van der Waals surface area contributed by atoms with Crippen molar-refractivity contribution in [1.82, 2.24) is 15.0 Å². The highest BCUT2D eigenvalue weighted by Crippen LogP contribution is 2.25. The Hall–Kier alpha value is -7.89. The molecule has 0 amide bonds. The van der Waals surface area contributed by atoms with Gasteiger partial charge in [0.15, 0.2) is 0 Å². The zero-order valence-electron chi connectivity index (χ0n) is 45.1. The van der Waals surface area contributed by atoms with Gasteiger partial charge in [-0.15, -0.1) is 0 Å². The molecule has 0 radical (unpaired) electrons. The number of nitrogens with one attached hydrogen (secondary N) is 3. The van der Waals surface area contributed by atoms with Crippen molar-refractivity contribution in [1.29, 1.82) is 0 Å². The molecule has 0 saturated carbocycles. The van der Waals surface area contributed by atoms with E-state index in [1.165, 1.54) is 18.2 Å². The minimum absolute atomic E-state index is 0.0551. The Morgan fingerprint density at radius 3 is 0.667 bits per heavy atom. The van der Waals surface area contributed by atoms with Gasteiger partial charge in [-0.3, -0.25) is 0 Å². The van der Waals surface area contributed by atoms with Crippen LogP contribution in [0.1, 0.15) is 99.8 Å². The van der Waals surface area contributed by atoms with E-state index in [2.05, 4.69) is 30.9 Å². The number of benzene rings is 3. The first-order chi connectivity index (χ1) is 35.5. The van der Waals surface area contributed by atoms with Crippen molar-refractivity contribution < 1.29 is 57.2 Å². The normalized spacial score (nSPS) is 11.0. The number of aromatic nitrogens is 3. The number of nitrogens with zero attached hydrogens (tertiary/aromatic N) is 3. The minimum atomic E-state index is -0.788. The van der Waals surface area contributed by atoms with Crippen LogP contribution in [0.3, 0.4) is 0 Å². The smallest absolute Gasteiger partial charge is 0.345 e. The number of anilines is 6. The van der Waals surface area contributed by atoms with Crippen LogP contribution in [0.25, 0.3) is 18.2 Å². The summed E-state index contributed by atoms with van der Waals surface area (Å²) in [5.41, 5.74) is 2.47. The number of hydrogen-bond donors (Lipinski definition) is 3. The SMILES string of the molecule is CC(C)COC(=O)C(=Cc1ccc(Nc2nc(Nc3ccc(C=C(C(=O)OCC(C)C)C(=O)OCC(C)C)cc3)nc(Nc3ccc(C=C(C(=O)OCC(C)C)C(=O)OCC(C)C)cc3)n2)cc1)C(=O)OCC(C)C. The van der Waals surface area contributed by atoms with Gasteiger partial charge in [-0.1, -0.05) is 119 Å². The average molecular weight is 1030 g/mol. The van der Waals surface area contributed by atoms with E-state index in [0.29, 0.717) is 33.8 Å². The highest BCUT2D eigenvalue weighted by Gasteiger charge is 2.25. The van der Waals surface area contributed by atoms with Crippen molar-refractivity contribution in [3.05, 3.63) is 106 Å². The van der Waals surface area contributed by atoms with E-state index in [1.807, 2.05) is 83.1 Å². The maximum atomic E-state index is 13.0. The number of ether oxygens (including phenoxy) is 6. The van der Waals surface area contributed by atoms with Crippen molar-refractivity contribution in [2.24, 2.45) is 35.5 Å².